The summed E-state index contributed by atoms with van der Waals surface area (Å²) in [5.74, 6) is 0.894. The predicted molar refractivity (Wildman–Crippen MR) is 102 cm³/mol. The van der Waals surface area contributed by atoms with Gasteiger partial charge >= 0.3 is 0 Å². The van der Waals surface area contributed by atoms with E-state index in [-0.39, 0.29) is 0 Å². The lowest BCUT2D eigenvalue weighted by Gasteiger charge is -2.04. The fourth-order valence-corrected chi connectivity index (χ4v) is 4.22. The number of thiophene rings is 1. The van der Waals surface area contributed by atoms with Crippen LogP contribution in [-0.4, -0.2) is 21.5 Å². The molecule has 120 valence electrons. The first-order valence-electron chi connectivity index (χ1n) is 7.74. The van der Waals surface area contributed by atoms with Gasteiger partial charge in [0.05, 0.1) is 16.1 Å². The van der Waals surface area contributed by atoms with Gasteiger partial charge < -0.3 is 5.32 Å². The van der Waals surface area contributed by atoms with Crippen molar-refractivity contribution in [3.63, 3.8) is 0 Å². The summed E-state index contributed by atoms with van der Waals surface area (Å²) in [7, 11) is 0. The number of aryl methyl sites for hydroxylation is 1. The van der Waals surface area contributed by atoms with E-state index >= 15 is 0 Å². The first-order valence-corrected chi connectivity index (χ1v) is 9.44. The van der Waals surface area contributed by atoms with E-state index in [2.05, 4.69) is 56.0 Å². The van der Waals surface area contributed by atoms with Crippen molar-refractivity contribution >= 4 is 38.7 Å². The van der Waals surface area contributed by atoms with E-state index in [9.17, 15) is 0 Å². The van der Waals surface area contributed by atoms with E-state index in [0.717, 1.165) is 39.7 Å². The Labute approximate surface area is 148 Å². The molecular weight excluding hydrogens is 336 g/mol. The van der Waals surface area contributed by atoms with Gasteiger partial charge in [-0.05, 0) is 18.6 Å². The van der Waals surface area contributed by atoms with Crippen molar-refractivity contribution in [2.45, 2.75) is 13.3 Å². The summed E-state index contributed by atoms with van der Waals surface area (Å²) in [6.07, 6.45) is 2.52. The molecule has 0 fully saturated rings. The topological polar surface area (TPSA) is 50.7 Å². The first kappa shape index (κ1) is 15.2. The fourth-order valence-electron chi connectivity index (χ4n) is 2.57. The van der Waals surface area contributed by atoms with Gasteiger partial charge in [-0.1, -0.05) is 30.3 Å². The molecule has 0 saturated carbocycles. The maximum atomic E-state index is 4.50. The number of benzene rings is 1. The van der Waals surface area contributed by atoms with E-state index in [1.165, 1.54) is 10.4 Å². The van der Waals surface area contributed by atoms with Crippen molar-refractivity contribution in [1.29, 1.82) is 0 Å². The zero-order valence-corrected chi connectivity index (χ0v) is 14.8. The molecule has 1 N–H and O–H groups in total. The van der Waals surface area contributed by atoms with Gasteiger partial charge in [-0.2, -0.15) is 0 Å². The number of hydrogen-bond acceptors (Lipinski definition) is 6. The van der Waals surface area contributed by atoms with Crippen molar-refractivity contribution in [1.82, 2.24) is 15.0 Å². The molecule has 1 aromatic carbocycles. The summed E-state index contributed by atoms with van der Waals surface area (Å²) >= 11 is 3.39. The van der Waals surface area contributed by atoms with E-state index in [1.807, 2.05) is 13.0 Å². The Bertz CT molecular complexity index is 959. The van der Waals surface area contributed by atoms with E-state index < -0.39 is 0 Å². The van der Waals surface area contributed by atoms with Crippen LogP contribution in [0.25, 0.3) is 20.7 Å². The third kappa shape index (κ3) is 3.16. The van der Waals surface area contributed by atoms with Crippen LogP contribution >= 0.6 is 22.7 Å². The normalized spacial score (nSPS) is 11.0. The lowest BCUT2D eigenvalue weighted by atomic mass is 10.2. The Hall–Kier alpha value is -2.31. The molecule has 6 heteroatoms. The Morgan fingerprint density at radius 2 is 2.00 bits per heavy atom. The highest BCUT2D eigenvalue weighted by atomic mass is 32.1. The molecule has 0 spiro atoms. The van der Waals surface area contributed by atoms with Crippen LogP contribution in [0.5, 0.6) is 0 Å². The largest absolute Gasteiger partial charge is 0.369 e. The van der Waals surface area contributed by atoms with Gasteiger partial charge in [0.25, 0.3) is 0 Å². The molecule has 0 aliphatic rings. The highest BCUT2D eigenvalue weighted by Gasteiger charge is 2.10. The molecule has 0 unspecified atom stereocenters. The van der Waals surface area contributed by atoms with Crippen molar-refractivity contribution in [3.8, 4) is 10.4 Å². The summed E-state index contributed by atoms with van der Waals surface area (Å²) in [5.41, 5.74) is 2.34. The second-order valence-electron chi connectivity index (χ2n) is 5.45. The van der Waals surface area contributed by atoms with Crippen LogP contribution in [0.4, 0.5) is 5.82 Å². The molecule has 4 rings (SSSR count). The molecule has 3 heterocycles. The van der Waals surface area contributed by atoms with E-state index in [1.54, 1.807) is 29.0 Å². The van der Waals surface area contributed by atoms with Crippen LogP contribution in [0, 0.1) is 6.92 Å². The van der Waals surface area contributed by atoms with Gasteiger partial charge in [0.2, 0.25) is 0 Å². The third-order valence-electron chi connectivity index (χ3n) is 3.73. The number of aromatic nitrogens is 3. The summed E-state index contributed by atoms with van der Waals surface area (Å²) < 4.78 is 0. The van der Waals surface area contributed by atoms with Gasteiger partial charge in [-0.3, -0.25) is 0 Å². The van der Waals surface area contributed by atoms with Crippen LogP contribution < -0.4 is 5.32 Å². The van der Waals surface area contributed by atoms with Gasteiger partial charge in [-0.15, -0.1) is 22.7 Å². The number of hydrogen-bond donors (Lipinski definition) is 1. The van der Waals surface area contributed by atoms with Gasteiger partial charge in [0.1, 0.15) is 17.0 Å². The number of rotatable bonds is 5. The van der Waals surface area contributed by atoms with Crippen molar-refractivity contribution in [2.75, 3.05) is 11.9 Å². The molecule has 0 radical (unpaired) electrons. The van der Waals surface area contributed by atoms with E-state index in [4.69, 9.17) is 0 Å². The van der Waals surface area contributed by atoms with Gasteiger partial charge in [0, 0.05) is 23.2 Å². The van der Waals surface area contributed by atoms with Crippen molar-refractivity contribution in [3.05, 3.63) is 58.8 Å². The summed E-state index contributed by atoms with van der Waals surface area (Å²) in [5, 5.41) is 7.74. The fraction of sp³-hybridized carbons (Fsp3) is 0.167. The number of anilines is 1. The van der Waals surface area contributed by atoms with E-state index in [0.29, 0.717) is 0 Å². The SMILES string of the molecule is Cc1nc(CCNc2ncnc3sc(-c4ccccc4)cc23)cs1. The second-order valence-corrected chi connectivity index (χ2v) is 7.55. The first-order chi connectivity index (χ1) is 11.8. The number of fused-ring (bicyclic) bond motifs is 1. The number of thiazole rings is 1. The van der Waals surface area contributed by atoms with Gasteiger partial charge in [-0.25, -0.2) is 15.0 Å². The Morgan fingerprint density at radius 3 is 2.79 bits per heavy atom. The standard InChI is InChI=1S/C18H16N4S2/c1-12-22-14(10-23-12)7-8-19-17-15-9-16(13-5-3-2-4-6-13)24-18(15)21-11-20-17/h2-6,9-11H,7-8H2,1H3,(H,19,20,21). The molecule has 0 amide bonds. The van der Waals surface area contributed by atoms with Crippen molar-refractivity contribution < 1.29 is 0 Å². The maximum absolute atomic E-state index is 4.50. The highest BCUT2D eigenvalue weighted by molar-refractivity contribution is 7.21. The number of nitrogens with one attached hydrogen (secondary N) is 1. The predicted octanol–water partition coefficient (Wildman–Crippen LogP) is 4.78. The summed E-state index contributed by atoms with van der Waals surface area (Å²) in [4.78, 5) is 15.5. The minimum Gasteiger partial charge on any atom is -0.369 e. The smallest absolute Gasteiger partial charge is 0.138 e. The molecule has 0 bridgehead atoms. The molecule has 0 aliphatic carbocycles. The molecule has 0 saturated heterocycles. The van der Waals surface area contributed by atoms with Crippen molar-refractivity contribution in [2.24, 2.45) is 0 Å². The molecular formula is C18H16N4S2. The monoisotopic (exact) mass is 352 g/mol. The molecule has 4 aromatic rings. The zero-order chi connectivity index (χ0) is 16.4. The number of nitrogens with zero attached hydrogens (tertiary/aromatic N) is 3. The van der Waals surface area contributed by atoms with Crippen LogP contribution in [0.2, 0.25) is 0 Å². The molecule has 3 aromatic heterocycles. The zero-order valence-electron chi connectivity index (χ0n) is 13.2. The highest BCUT2D eigenvalue weighted by Crippen LogP contribution is 2.34. The van der Waals surface area contributed by atoms with Crippen LogP contribution in [0.15, 0.2) is 48.1 Å². The molecule has 0 atom stereocenters. The third-order valence-corrected chi connectivity index (χ3v) is 5.64. The lowest BCUT2D eigenvalue weighted by Crippen LogP contribution is -2.06. The molecule has 4 nitrogen and oxygen atoms in total. The quantitative estimate of drug-likeness (QED) is 0.562. The minimum absolute atomic E-state index is 0.811. The second kappa shape index (κ2) is 6.67. The Morgan fingerprint density at radius 1 is 1.12 bits per heavy atom. The van der Waals surface area contributed by atoms with Gasteiger partial charge in [0.15, 0.2) is 0 Å². The average Bonchev–Trinajstić information content (AvgIpc) is 3.22. The maximum Gasteiger partial charge on any atom is 0.138 e. The minimum atomic E-state index is 0.811. The Balaban J connectivity index is 1.56. The molecule has 24 heavy (non-hydrogen) atoms. The van der Waals surface area contributed by atoms with Crippen LogP contribution in [-0.2, 0) is 6.42 Å². The van der Waals surface area contributed by atoms with Crippen LogP contribution in [0.1, 0.15) is 10.7 Å². The molecule has 0 aliphatic heterocycles. The summed E-state index contributed by atoms with van der Waals surface area (Å²) in [6, 6.07) is 12.6. The lowest BCUT2D eigenvalue weighted by molar-refractivity contribution is 0.961. The summed E-state index contributed by atoms with van der Waals surface area (Å²) in [6.45, 7) is 2.85. The average molecular weight is 352 g/mol. The Kier molecular flexibility index (Phi) is 4.23. The van der Waals surface area contributed by atoms with Crippen LogP contribution in [0.3, 0.4) is 0 Å².